The second-order valence-electron chi connectivity index (χ2n) is 10.4. The van der Waals surface area contributed by atoms with E-state index in [1.807, 2.05) is 111 Å². The zero-order chi connectivity index (χ0) is 30.8. The molecule has 10 heteroatoms. The van der Waals surface area contributed by atoms with E-state index in [1.54, 1.807) is 13.8 Å². The molecule has 0 saturated heterocycles. The summed E-state index contributed by atoms with van der Waals surface area (Å²) < 4.78 is 2.90. The Hall–Kier alpha value is -5.90. The quantitative estimate of drug-likeness (QED) is 0.182. The maximum atomic E-state index is 10.7. The first-order chi connectivity index (χ1) is 21.3. The maximum Gasteiger partial charge on any atom is 0.243 e. The van der Waals surface area contributed by atoms with Crippen molar-refractivity contribution in [2.24, 2.45) is 20.5 Å². The number of hydrogen-bond acceptors (Lipinski definition) is 8. The lowest BCUT2D eigenvalue weighted by atomic mass is 9.96. The molecule has 0 spiro atoms. The first-order valence-electron chi connectivity index (χ1n) is 14.0. The fourth-order valence-corrected chi connectivity index (χ4v) is 4.99. The third-order valence-electron chi connectivity index (χ3n) is 7.25. The molecule has 6 rings (SSSR count). The molecule has 0 atom stereocenters. The smallest absolute Gasteiger partial charge is 0.243 e. The average Bonchev–Trinajstić information content (AvgIpc) is 3.48. The molecule has 10 nitrogen and oxygen atoms in total. The van der Waals surface area contributed by atoms with Crippen molar-refractivity contribution in [3.63, 3.8) is 0 Å². The normalized spacial score (nSPS) is 11.6. The van der Waals surface area contributed by atoms with Crippen LogP contribution in [0.4, 0.5) is 22.7 Å². The molecular weight excluding hydrogens is 552 g/mol. The Morgan fingerprint density at radius 3 is 1.25 bits per heavy atom. The summed E-state index contributed by atoms with van der Waals surface area (Å²) in [6.07, 6.45) is 0. The van der Waals surface area contributed by atoms with Gasteiger partial charge in [-0.25, -0.2) is 0 Å². The number of para-hydroxylation sites is 2. The maximum absolute atomic E-state index is 10.7. The molecule has 0 amide bonds. The lowest BCUT2D eigenvalue weighted by Crippen LogP contribution is -1.94. The lowest BCUT2D eigenvalue weighted by Gasteiger charge is -2.10. The Morgan fingerprint density at radius 1 is 0.500 bits per heavy atom. The standard InChI is InChI=1S/C34H30N8O2/c1-21-19-25(35-37-31-23(3)39-41(33(31)43)27-11-7-5-8-12-27)15-17-29(21)30-18-16-26(20-22(30)2)36-38-32-24(4)40-42(34(32)44)28-13-9-6-10-14-28/h5-20,43-44H,1-4H3. The summed E-state index contributed by atoms with van der Waals surface area (Å²) >= 11 is 0. The highest BCUT2D eigenvalue weighted by molar-refractivity contribution is 5.74. The number of benzene rings is 4. The van der Waals surface area contributed by atoms with E-state index in [1.165, 1.54) is 9.36 Å². The second kappa shape index (κ2) is 11.8. The first-order valence-corrected chi connectivity index (χ1v) is 14.0. The van der Waals surface area contributed by atoms with Crippen LogP contribution in [0.1, 0.15) is 22.5 Å². The molecule has 218 valence electrons. The van der Waals surface area contributed by atoms with Crippen LogP contribution in [0.25, 0.3) is 22.5 Å². The number of azo groups is 2. The Balaban J connectivity index is 1.21. The second-order valence-corrected chi connectivity index (χ2v) is 10.4. The molecular formula is C34H30N8O2. The highest BCUT2D eigenvalue weighted by atomic mass is 16.3. The summed E-state index contributed by atoms with van der Waals surface area (Å²) in [5, 5.41) is 47.7. The van der Waals surface area contributed by atoms with Crippen molar-refractivity contribution < 1.29 is 10.2 Å². The summed E-state index contributed by atoms with van der Waals surface area (Å²) in [6, 6.07) is 30.5. The number of rotatable bonds is 7. The van der Waals surface area contributed by atoms with Crippen molar-refractivity contribution in [3.05, 3.63) is 120 Å². The van der Waals surface area contributed by atoms with Crippen LogP contribution < -0.4 is 0 Å². The van der Waals surface area contributed by atoms with Gasteiger partial charge < -0.3 is 10.2 Å². The summed E-state index contributed by atoms with van der Waals surface area (Å²) in [5.74, 6) is -0.122. The van der Waals surface area contributed by atoms with Crippen LogP contribution in [0.5, 0.6) is 11.8 Å². The van der Waals surface area contributed by atoms with Crippen LogP contribution in [-0.2, 0) is 0 Å². The SMILES string of the molecule is Cc1cc(N=Nc2c(C)nn(-c3ccccc3)c2O)ccc1-c1ccc(N=Nc2c(C)nn(-c3ccccc3)c2O)cc1C. The van der Waals surface area contributed by atoms with Gasteiger partial charge in [0.05, 0.1) is 34.1 Å². The van der Waals surface area contributed by atoms with E-state index < -0.39 is 0 Å². The largest absolute Gasteiger partial charge is 0.492 e. The molecule has 0 radical (unpaired) electrons. The predicted octanol–water partition coefficient (Wildman–Crippen LogP) is 9.20. The van der Waals surface area contributed by atoms with Gasteiger partial charge in [-0.05, 0) is 98.5 Å². The summed E-state index contributed by atoms with van der Waals surface area (Å²) in [5.41, 5.74) is 8.76. The Kier molecular flexibility index (Phi) is 7.55. The molecule has 0 aliphatic rings. The molecule has 0 fully saturated rings. The molecule has 4 aromatic carbocycles. The van der Waals surface area contributed by atoms with Crippen LogP contribution in [0.3, 0.4) is 0 Å². The Labute approximate surface area is 254 Å². The molecule has 0 unspecified atom stereocenters. The van der Waals surface area contributed by atoms with E-state index in [2.05, 4.69) is 30.7 Å². The highest BCUT2D eigenvalue weighted by Gasteiger charge is 2.17. The van der Waals surface area contributed by atoms with E-state index in [9.17, 15) is 10.2 Å². The first kappa shape index (κ1) is 28.2. The molecule has 6 aromatic rings. The van der Waals surface area contributed by atoms with Gasteiger partial charge in [-0.2, -0.15) is 29.8 Å². The van der Waals surface area contributed by atoms with Crippen molar-refractivity contribution >= 4 is 22.7 Å². The number of aromatic hydroxyl groups is 2. The minimum Gasteiger partial charge on any atom is -0.492 e. The van der Waals surface area contributed by atoms with E-state index in [0.717, 1.165) is 33.6 Å². The number of aryl methyl sites for hydroxylation is 4. The van der Waals surface area contributed by atoms with Gasteiger partial charge in [-0.3, -0.25) is 0 Å². The third-order valence-corrected chi connectivity index (χ3v) is 7.25. The van der Waals surface area contributed by atoms with Crippen LogP contribution in [0.2, 0.25) is 0 Å². The highest BCUT2D eigenvalue weighted by Crippen LogP contribution is 2.37. The van der Waals surface area contributed by atoms with Gasteiger partial charge in [0.2, 0.25) is 11.8 Å². The zero-order valence-corrected chi connectivity index (χ0v) is 24.7. The van der Waals surface area contributed by atoms with Crippen molar-refractivity contribution in [1.29, 1.82) is 0 Å². The minimum atomic E-state index is -0.0611. The van der Waals surface area contributed by atoms with Crippen molar-refractivity contribution in [3.8, 4) is 34.3 Å². The molecule has 2 N–H and O–H groups in total. The molecule has 0 saturated carbocycles. The van der Waals surface area contributed by atoms with Gasteiger partial charge in [0.1, 0.15) is 0 Å². The fourth-order valence-electron chi connectivity index (χ4n) is 4.99. The molecule has 0 aliphatic carbocycles. The van der Waals surface area contributed by atoms with Gasteiger partial charge in [0, 0.05) is 0 Å². The van der Waals surface area contributed by atoms with Gasteiger partial charge in [-0.15, -0.1) is 10.2 Å². The van der Waals surface area contributed by atoms with Gasteiger partial charge >= 0.3 is 0 Å². The molecule has 0 bridgehead atoms. The zero-order valence-electron chi connectivity index (χ0n) is 24.7. The van der Waals surface area contributed by atoms with Gasteiger partial charge in [0.25, 0.3) is 0 Å². The average molecular weight is 583 g/mol. The van der Waals surface area contributed by atoms with E-state index >= 15 is 0 Å². The predicted molar refractivity (Wildman–Crippen MR) is 170 cm³/mol. The van der Waals surface area contributed by atoms with Gasteiger partial charge in [-0.1, -0.05) is 48.5 Å². The van der Waals surface area contributed by atoms with E-state index in [-0.39, 0.29) is 11.8 Å². The molecule has 44 heavy (non-hydrogen) atoms. The van der Waals surface area contributed by atoms with Crippen LogP contribution >= 0.6 is 0 Å². The summed E-state index contributed by atoms with van der Waals surface area (Å²) in [6.45, 7) is 7.62. The lowest BCUT2D eigenvalue weighted by molar-refractivity contribution is 0.434. The minimum absolute atomic E-state index is 0.0611. The Bertz CT molecular complexity index is 1880. The molecule has 2 aromatic heterocycles. The monoisotopic (exact) mass is 582 g/mol. The number of hydrogen-bond donors (Lipinski definition) is 2. The number of aromatic nitrogens is 4. The molecule has 0 aliphatic heterocycles. The van der Waals surface area contributed by atoms with Crippen LogP contribution in [0.15, 0.2) is 118 Å². The molecule has 2 heterocycles. The fraction of sp³-hybridized carbons (Fsp3) is 0.118. The van der Waals surface area contributed by atoms with Crippen LogP contribution in [0, 0.1) is 27.7 Å². The van der Waals surface area contributed by atoms with Crippen LogP contribution in [-0.4, -0.2) is 29.8 Å². The van der Waals surface area contributed by atoms with Crippen molar-refractivity contribution in [1.82, 2.24) is 19.6 Å². The van der Waals surface area contributed by atoms with Crippen molar-refractivity contribution in [2.45, 2.75) is 27.7 Å². The van der Waals surface area contributed by atoms with Gasteiger partial charge in [0.15, 0.2) is 11.4 Å². The Morgan fingerprint density at radius 2 is 0.886 bits per heavy atom. The summed E-state index contributed by atoms with van der Waals surface area (Å²) in [4.78, 5) is 0. The summed E-state index contributed by atoms with van der Waals surface area (Å²) in [7, 11) is 0. The topological polar surface area (TPSA) is 126 Å². The van der Waals surface area contributed by atoms with Crippen molar-refractivity contribution in [2.75, 3.05) is 0 Å². The third kappa shape index (κ3) is 5.48. The van der Waals surface area contributed by atoms with E-state index in [0.29, 0.717) is 34.1 Å². The van der Waals surface area contributed by atoms with E-state index in [4.69, 9.17) is 0 Å². The number of nitrogens with zero attached hydrogens (tertiary/aromatic N) is 8.